The van der Waals surface area contributed by atoms with Gasteiger partial charge in [0.25, 0.3) is 0 Å². The van der Waals surface area contributed by atoms with Gasteiger partial charge < -0.3 is 15.1 Å². The molecule has 0 bridgehead atoms. The summed E-state index contributed by atoms with van der Waals surface area (Å²) < 4.78 is 0. The summed E-state index contributed by atoms with van der Waals surface area (Å²) in [6.07, 6.45) is 2.25. The summed E-state index contributed by atoms with van der Waals surface area (Å²) in [6.45, 7) is 5.89. The molecule has 0 unspecified atom stereocenters. The van der Waals surface area contributed by atoms with Gasteiger partial charge in [0.05, 0.1) is 0 Å². The molecule has 2 aliphatic heterocycles. The summed E-state index contributed by atoms with van der Waals surface area (Å²) in [7, 11) is 1.97. The summed E-state index contributed by atoms with van der Waals surface area (Å²) in [4.78, 5) is 16.1. The average molecular weight is 211 g/mol. The Bertz CT molecular complexity index is 244. The normalized spacial score (nSPS) is 31.3. The first kappa shape index (κ1) is 10.7. The van der Waals surface area contributed by atoms with Crippen molar-refractivity contribution in [3.63, 3.8) is 0 Å². The van der Waals surface area contributed by atoms with E-state index in [0.717, 1.165) is 39.0 Å². The van der Waals surface area contributed by atoms with Gasteiger partial charge in [0.15, 0.2) is 0 Å². The number of carbonyl (C=O) groups excluding carboxylic acids is 1. The standard InChI is InChI=1S/C11H21N3O/c1-9-3-5-13(7-9)11(15)14-6-4-10(8-14)12-2/h9-10,12H,3-8H2,1-2H3/t9-,10-/m1/s1. The monoisotopic (exact) mass is 211 g/mol. The van der Waals surface area contributed by atoms with Crippen molar-refractivity contribution in [1.82, 2.24) is 15.1 Å². The number of rotatable bonds is 1. The van der Waals surface area contributed by atoms with Gasteiger partial charge in [0.1, 0.15) is 0 Å². The summed E-state index contributed by atoms with van der Waals surface area (Å²) in [5, 5.41) is 3.24. The van der Waals surface area contributed by atoms with Crippen LogP contribution in [0.5, 0.6) is 0 Å². The Labute approximate surface area is 91.6 Å². The lowest BCUT2D eigenvalue weighted by atomic mass is 10.2. The van der Waals surface area contributed by atoms with E-state index in [1.165, 1.54) is 0 Å². The van der Waals surface area contributed by atoms with Crippen molar-refractivity contribution in [1.29, 1.82) is 0 Å². The molecule has 4 heteroatoms. The van der Waals surface area contributed by atoms with Gasteiger partial charge in [-0.15, -0.1) is 0 Å². The largest absolute Gasteiger partial charge is 0.324 e. The predicted octanol–water partition coefficient (Wildman–Crippen LogP) is 0.742. The maximum Gasteiger partial charge on any atom is 0.320 e. The van der Waals surface area contributed by atoms with Crippen LogP contribution in [0.1, 0.15) is 19.8 Å². The number of hydrogen-bond acceptors (Lipinski definition) is 2. The van der Waals surface area contributed by atoms with Crippen molar-refractivity contribution >= 4 is 6.03 Å². The van der Waals surface area contributed by atoms with E-state index in [2.05, 4.69) is 12.2 Å². The Morgan fingerprint density at radius 1 is 1.20 bits per heavy atom. The SMILES string of the molecule is CN[C@@H]1CCN(C(=O)N2CC[C@@H](C)C2)C1. The fraction of sp³-hybridized carbons (Fsp3) is 0.909. The van der Waals surface area contributed by atoms with Crippen LogP contribution in [0.4, 0.5) is 4.79 Å². The van der Waals surface area contributed by atoms with Gasteiger partial charge in [-0.2, -0.15) is 0 Å². The summed E-state index contributed by atoms with van der Waals surface area (Å²) >= 11 is 0. The van der Waals surface area contributed by atoms with Gasteiger partial charge in [0, 0.05) is 32.2 Å². The minimum atomic E-state index is 0.247. The lowest BCUT2D eigenvalue weighted by Crippen LogP contribution is -2.42. The molecule has 0 aliphatic carbocycles. The zero-order valence-electron chi connectivity index (χ0n) is 9.70. The zero-order chi connectivity index (χ0) is 10.8. The highest BCUT2D eigenvalue weighted by atomic mass is 16.2. The average Bonchev–Trinajstić information content (AvgIpc) is 2.84. The molecule has 2 heterocycles. The summed E-state index contributed by atoms with van der Waals surface area (Å²) in [5.41, 5.74) is 0. The molecule has 2 saturated heterocycles. The summed E-state index contributed by atoms with van der Waals surface area (Å²) in [5.74, 6) is 0.677. The maximum atomic E-state index is 12.1. The molecular weight excluding hydrogens is 190 g/mol. The van der Waals surface area contributed by atoms with Crippen LogP contribution in [0.2, 0.25) is 0 Å². The van der Waals surface area contributed by atoms with E-state index in [9.17, 15) is 4.79 Å². The Balaban J connectivity index is 1.86. The van der Waals surface area contributed by atoms with Crippen LogP contribution in [0.3, 0.4) is 0 Å². The molecule has 2 amide bonds. The Morgan fingerprint density at radius 2 is 1.87 bits per heavy atom. The van der Waals surface area contributed by atoms with Crippen molar-refractivity contribution in [2.24, 2.45) is 5.92 Å². The first-order chi connectivity index (χ1) is 7.20. The molecule has 1 N–H and O–H groups in total. The van der Waals surface area contributed by atoms with E-state index < -0.39 is 0 Å². The van der Waals surface area contributed by atoms with Crippen molar-refractivity contribution in [3.05, 3.63) is 0 Å². The van der Waals surface area contributed by atoms with E-state index >= 15 is 0 Å². The van der Waals surface area contributed by atoms with Gasteiger partial charge in [0.2, 0.25) is 0 Å². The van der Waals surface area contributed by atoms with E-state index in [4.69, 9.17) is 0 Å². The number of nitrogens with zero attached hydrogens (tertiary/aromatic N) is 2. The van der Waals surface area contributed by atoms with Crippen molar-refractivity contribution in [2.45, 2.75) is 25.8 Å². The van der Waals surface area contributed by atoms with Crippen LogP contribution in [-0.4, -0.2) is 55.1 Å². The van der Waals surface area contributed by atoms with Crippen LogP contribution in [0.25, 0.3) is 0 Å². The van der Waals surface area contributed by atoms with Crippen LogP contribution in [-0.2, 0) is 0 Å². The quantitative estimate of drug-likeness (QED) is 0.694. The zero-order valence-corrected chi connectivity index (χ0v) is 9.70. The fourth-order valence-electron chi connectivity index (χ4n) is 2.48. The van der Waals surface area contributed by atoms with Gasteiger partial charge >= 0.3 is 6.03 Å². The molecule has 2 fully saturated rings. The number of likely N-dealkylation sites (N-methyl/N-ethyl adjacent to an activating group) is 1. The van der Waals surface area contributed by atoms with Gasteiger partial charge in [-0.05, 0) is 25.8 Å². The van der Waals surface area contributed by atoms with Gasteiger partial charge in [-0.1, -0.05) is 6.92 Å². The highest BCUT2D eigenvalue weighted by Crippen LogP contribution is 2.19. The molecule has 0 spiro atoms. The Kier molecular flexibility index (Phi) is 3.14. The smallest absolute Gasteiger partial charge is 0.320 e. The lowest BCUT2D eigenvalue weighted by molar-refractivity contribution is 0.170. The predicted molar refractivity (Wildman–Crippen MR) is 59.8 cm³/mol. The minimum absolute atomic E-state index is 0.247. The minimum Gasteiger partial charge on any atom is -0.324 e. The number of nitrogens with one attached hydrogen (secondary N) is 1. The molecule has 86 valence electrons. The second-order valence-electron chi connectivity index (χ2n) is 4.84. The van der Waals surface area contributed by atoms with Crippen molar-refractivity contribution < 1.29 is 4.79 Å². The molecule has 2 atom stereocenters. The molecule has 2 aliphatic rings. The van der Waals surface area contributed by atoms with E-state index in [0.29, 0.717) is 12.0 Å². The fourth-order valence-corrected chi connectivity index (χ4v) is 2.48. The molecule has 0 saturated carbocycles. The number of hydrogen-bond donors (Lipinski definition) is 1. The van der Waals surface area contributed by atoms with Gasteiger partial charge in [-0.25, -0.2) is 4.79 Å². The second kappa shape index (κ2) is 4.39. The first-order valence-electron chi connectivity index (χ1n) is 5.92. The molecule has 15 heavy (non-hydrogen) atoms. The van der Waals surface area contributed by atoms with E-state index in [1.807, 2.05) is 16.8 Å². The molecule has 0 aromatic rings. The second-order valence-corrected chi connectivity index (χ2v) is 4.84. The topological polar surface area (TPSA) is 35.6 Å². The van der Waals surface area contributed by atoms with Crippen LogP contribution in [0, 0.1) is 5.92 Å². The number of likely N-dealkylation sites (tertiary alicyclic amines) is 2. The van der Waals surface area contributed by atoms with Gasteiger partial charge in [-0.3, -0.25) is 0 Å². The first-order valence-corrected chi connectivity index (χ1v) is 5.92. The number of amides is 2. The Hall–Kier alpha value is -0.770. The van der Waals surface area contributed by atoms with Crippen molar-refractivity contribution in [3.8, 4) is 0 Å². The Morgan fingerprint density at radius 3 is 2.40 bits per heavy atom. The maximum absolute atomic E-state index is 12.1. The van der Waals surface area contributed by atoms with E-state index in [1.54, 1.807) is 0 Å². The highest BCUT2D eigenvalue weighted by Gasteiger charge is 2.31. The number of carbonyl (C=O) groups is 1. The molecule has 4 nitrogen and oxygen atoms in total. The molecule has 0 aromatic carbocycles. The third-order valence-electron chi connectivity index (χ3n) is 3.56. The molecule has 0 radical (unpaired) electrons. The molecular formula is C11H21N3O. The van der Waals surface area contributed by atoms with Crippen LogP contribution >= 0.6 is 0 Å². The van der Waals surface area contributed by atoms with Crippen LogP contribution < -0.4 is 5.32 Å². The molecule has 2 rings (SSSR count). The van der Waals surface area contributed by atoms with Crippen LogP contribution in [0.15, 0.2) is 0 Å². The van der Waals surface area contributed by atoms with E-state index in [-0.39, 0.29) is 6.03 Å². The third kappa shape index (κ3) is 2.25. The van der Waals surface area contributed by atoms with Crippen molar-refractivity contribution in [2.75, 3.05) is 33.2 Å². The third-order valence-corrected chi connectivity index (χ3v) is 3.56. The summed E-state index contributed by atoms with van der Waals surface area (Å²) in [6, 6.07) is 0.742. The highest BCUT2D eigenvalue weighted by molar-refractivity contribution is 5.75. The number of urea groups is 1. The molecule has 0 aromatic heterocycles. The lowest BCUT2D eigenvalue weighted by Gasteiger charge is -2.24.